The summed E-state index contributed by atoms with van der Waals surface area (Å²) in [7, 11) is 0. The summed E-state index contributed by atoms with van der Waals surface area (Å²) in [5, 5.41) is 28.9. The van der Waals surface area contributed by atoms with Crippen LogP contribution in [0.3, 0.4) is 0 Å². The Labute approximate surface area is 265 Å². The van der Waals surface area contributed by atoms with Crippen LogP contribution in [0.5, 0.6) is 0 Å². The highest BCUT2D eigenvalue weighted by atomic mass is 35.5. The van der Waals surface area contributed by atoms with Gasteiger partial charge in [0.25, 0.3) is 0 Å². The molecule has 0 saturated heterocycles. The summed E-state index contributed by atoms with van der Waals surface area (Å²) in [4.78, 5) is 44.4. The molecule has 12 heteroatoms. The van der Waals surface area contributed by atoms with Gasteiger partial charge in [0.2, 0.25) is 0 Å². The standard InChI is InChI=1S/2C11H8ClNO2.C10H6ClNO2/c1-6-2-3-9-7(4-6)5-8(11(14)15)10(12)13-9;1-6-2-3-7-5-8(11(14)15)10(12)13-9(7)4-6;11-9-7(10(13)14)5-6-3-1-2-4-8(6)12-9/h2*2-5H,1H3,(H,14,15);1-5H,(H,13,14). The van der Waals surface area contributed by atoms with Crippen LogP contribution in [-0.2, 0) is 0 Å². The third-order valence-electron chi connectivity index (χ3n) is 6.22. The number of aryl methyl sites for hydroxylation is 2. The smallest absolute Gasteiger partial charge is 0.338 e. The number of carbonyl (C=O) groups is 3. The SMILES string of the molecule is Cc1ccc2cc(C(=O)O)c(Cl)nc2c1.Cc1ccc2nc(Cl)c(C(=O)O)cc2c1.O=C(O)c1cc2ccccc2nc1Cl. The number of benzene rings is 3. The van der Waals surface area contributed by atoms with Crippen LogP contribution in [0.2, 0.25) is 15.5 Å². The fourth-order valence-electron chi connectivity index (χ4n) is 4.07. The summed E-state index contributed by atoms with van der Waals surface area (Å²) in [6, 6.07) is 23.0. The highest BCUT2D eigenvalue weighted by molar-refractivity contribution is 6.33. The molecular weight excluding hydrogens is 629 g/mol. The van der Waals surface area contributed by atoms with Crippen LogP contribution < -0.4 is 0 Å². The predicted octanol–water partition coefficient (Wildman–Crippen LogP) is 8.38. The molecule has 222 valence electrons. The van der Waals surface area contributed by atoms with Gasteiger partial charge in [-0.25, -0.2) is 29.3 Å². The Morgan fingerprint density at radius 1 is 0.500 bits per heavy atom. The molecule has 0 atom stereocenters. The van der Waals surface area contributed by atoms with Gasteiger partial charge in [-0.3, -0.25) is 0 Å². The lowest BCUT2D eigenvalue weighted by Crippen LogP contribution is -1.99. The van der Waals surface area contributed by atoms with Crippen LogP contribution in [0.4, 0.5) is 0 Å². The van der Waals surface area contributed by atoms with Crippen molar-refractivity contribution in [2.75, 3.05) is 0 Å². The lowest BCUT2D eigenvalue weighted by atomic mass is 10.1. The Kier molecular flexibility index (Phi) is 9.95. The van der Waals surface area contributed by atoms with E-state index in [1.807, 2.05) is 62.4 Å². The molecule has 0 bridgehead atoms. The van der Waals surface area contributed by atoms with E-state index in [0.717, 1.165) is 27.3 Å². The molecular formula is C32H22Cl3N3O6. The van der Waals surface area contributed by atoms with E-state index in [0.29, 0.717) is 16.6 Å². The number of carboxylic acid groups (broad SMARTS) is 3. The molecule has 9 nitrogen and oxygen atoms in total. The molecule has 0 fully saturated rings. The van der Waals surface area contributed by atoms with Crippen molar-refractivity contribution in [2.45, 2.75) is 13.8 Å². The second-order valence-electron chi connectivity index (χ2n) is 9.48. The highest BCUT2D eigenvalue weighted by Gasteiger charge is 2.13. The number of rotatable bonds is 3. The minimum atomic E-state index is -1.06. The number of pyridine rings is 3. The van der Waals surface area contributed by atoms with Crippen LogP contribution >= 0.6 is 34.8 Å². The van der Waals surface area contributed by atoms with Gasteiger partial charge < -0.3 is 15.3 Å². The molecule has 0 unspecified atom stereocenters. The van der Waals surface area contributed by atoms with Gasteiger partial charge >= 0.3 is 17.9 Å². The van der Waals surface area contributed by atoms with E-state index in [2.05, 4.69) is 15.0 Å². The quantitative estimate of drug-likeness (QED) is 0.160. The summed E-state index contributed by atoms with van der Waals surface area (Å²) in [6.07, 6.45) is 0. The van der Waals surface area contributed by atoms with Crippen molar-refractivity contribution < 1.29 is 29.7 Å². The zero-order chi connectivity index (χ0) is 32.1. The lowest BCUT2D eigenvalue weighted by Gasteiger charge is -2.02. The number of aromatic carboxylic acids is 3. The number of hydrogen-bond donors (Lipinski definition) is 3. The summed E-state index contributed by atoms with van der Waals surface area (Å²) < 4.78 is 0. The minimum absolute atomic E-state index is 0.0243. The first-order valence-corrected chi connectivity index (χ1v) is 13.9. The van der Waals surface area contributed by atoms with Gasteiger partial charge in [0.15, 0.2) is 0 Å². The Balaban J connectivity index is 0.000000151. The Hall–Kier alpha value is -4.83. The van der Waals surface area contributed by atoms with Gasteiger partial charge in [0.1, 0.15) is 15.5 Å². The van der Waals surface area contributed by atoms with Crippen LogP contribution in [-0.4, -0.2) is 48.2 Å². The number of hydrogen-bond acceptors (Lipinski definition) is 6. The molecule has 0 saturated carbocycles. The predicted molar refractivity (Wildman–Crippen MR) is 171 cm³/mol. The Morgan fingerprint density at radius 3 is 1.45 bits per heavy atom. The van der Waals surface area contributed by atoms with E-state index in [1.54, 1.807) is 18.2 Å². The summed E-state index contributed by atoms with van der Waals surface area (Å²) in [6.45, 7) is 3.88. The zero-order valence-corrected chi connectivity index (χ0v) is 25.3. The first-order valence-electron chi connectivity index (χ1n) is 12.7. The van der Waals surface area contributed by atoms with E-state index in [-0.39, 0.29) is 32.1 Å². The first-order chi connectivity index (χ1) is 20.8. The minimum Gasteiger partial charge on any atom is -0.478 e. The van der Waals surface area contributed by atoms with Crippen molar-refractivity contribution in [1.29, 1.82) is 0 Å². The van der Waals surface area contributed by atoms with Crippen molar-refractivity contribution >= 4 is 85.4 Å². The molecule has 44 heavy (non-hydrogen) atoms. The van der Waals surface area contributed by atoms with E-state index < -0.39 is 17.9 Å². The number of aromatic nitrogens is 3. The topological polar surface area (TPSA) is 151 Å². The maximum absolute atomic E-state index is 10.8. The molecule has 0 aliphatic heterocycles. The first kappa shape index (κ1) is 32.1. The van der Waals surface area contributed by atoms with Crippen molar-refractivity contribution in [1.82, 2.24) is 15.0 Å². The Morgan fingerprint density at radius 2 is 0.909 bits per heavy atom. The molecule has 0 amide bonds. The average Bonchev–Trinajstić information content (AvgIpc) is 2.96. The molecule has 0 aliphatic carbocycles. The monoisotopic (exact) mass is 649 g/mol. The van der Waals surface area contributed by atoms with Crippen molar-refractivity contribution in [3.63, 3.8) is 0 Å². The number of carboxylic acids is 3. The summed E-state index contributed by atoms with van der Waals surface area (Å²) in [5.41, 5.74) is 4.34. The maximum atomic E-state index is 10.8. The van der Waals surface area contributed by atoms with Crippen LogP contribution in [0, 0.1) is 13.8 Å². The number of fused-ring (bicyclic) bond motifs is 3. The van der Waals surface area contributed by atoms with Crippen molar-refractivity contribution in [2.24, 2.45) is 0 Å². The van der Waals surface area contributed by atoms with Gasteiger partial charge in [-0.05, 0) is 61.9 Å². The van der Waals surface area contributed by atoms with Gasteiger partial charge in [0.05, 0.1) is 33.2 Å². The van der Waals surface area contributed by atoms with Gasteiger partial charge in [0, 0.05) is 16.2 Å². The molecule has 6 aromatic rings. The normalized spacial score (nSPS) is 10.5. The largest absolute Gasteiger partial charge is 0.478 e. The molecule has 3 aromatic heterocycles. The number of nitrogens with zero attached hydrogens (tertiary/aromatic N) is 3. The van der Waals surface area contributed by atoms with Crippen LogP contribution in [0.15, 0.2) is 78.9 Å². The fraction of sp³-hybridized carbons (Fsp3) is 0.0625. The second kappa shape index (κ2) is 13.6. The number of halogens is 3. The zero-order valence-electron chi connectivity index (χ0n) is 23.0. The lowest BCUT2D eigenvalue weighted by molar-refractivity contribution is 0.0686. The van der Waals surface area contributed by atoms with Gasteiger partial charge in [-0.1, -0.05) is 76.8 Å². The van der Waals surface area contributed by atoms with Crippen LogP contribution in [0.1, 0.15) is 42.2 Å². The van der Waals surface area contributed by atoms with Crippen LogP contribution in [0.25, 0.3) is 32.7 Å². The molecule has 0 radical (unpaired) electrons. The van der Waals surface area contributed by atoms with E-state index in [9.17, 15) is 14.4 Å². The maximum Gasteiger partial charge on any atom is 0.338 e. The van der Waals surface area contributed by atoms with E-state index in [1.165, 1.54) is 12.1 Å². The second-order valence-corrected chi connectivity index (χ2v) is 10.6. The molecule has 0 aliphatic rings. The van der Waals surface area contributed by atoms with E-state index in [4.69, 9.17) is 50.1 Å². The average molecular weight is 651 g/mol. The Bertz CT molecular complexity index is 2090. The summed E-state index contributed by atoms with van der Waals surface area (Å²) in [5.74, 6) is -3.18. The molecule has 3 N–H and O–H groups in total. The summed E-state index contributed by atoms with van der Waals surface area (Å²) >= 11 is 17.2. The van der Waals surface area contributed by atoms with Gasteiger partial charge in [-0.15, -0.1) is 0 Å². The fourth-order valence-corrected chi connectivity index (χ4v) is 4.75. The van der Waals surface area contributed by atoms with Gasteiger partial charge in [-0.2, -0.15) is 0 Å². The molecule has 0 spiro atoms. The van der Waals surface area contributed by atoms with Crippen molar-refractivity contribution in [3.8, 4) is 0 Å². The van der Waals surface area contributed by atoms with Crippen molar-refractivity contribution in [3.05, 3.63) is 122 Å². The molecule has 3 heterocycles. The molecule has 6 rings (SSSR count). The number of para-hydroxylation sites is 1. The highest BCUT2D eigenvalue weighted by Crippen LogP contribution is 2.23. The third kappa shape index (κ3) is 7.57. The third-order valence-corrected chi connectivity index (χ3v) is 7.08. The molecule has 3 aromatic carbocycles. The van der Waals surface area contributed by atoms with E-state index >= 15 is 0 Å².